The second-order valence-electron chi connectivity index (χ2n) is 4.34. The molecule has 2 aromatic carbocycles. The Hall–Kier alpha value is -2.76. The average Bonchev–Trinajstić information content (AvgIpc) is 2.43. The van der Waals surface area contributed by atoms with E-state index in [4.69, 9.17) is 0 Å². The topological polar surface area (TPSA) is 58.2 Å². The molecule has 2 aromatic rings. The van der Waals surface area contributed by atoms with E-state index in [2.05, 4.69) is 10.6 Å². The van der Waals surface area contributed by atoms with Crippen molar-refractivity contribution < 1.29 is 18.4 Å². The molecule has 2 rings (SSSR count). The first kappa shape index (κ1) is 14.6. The summed E-state index contributed by atoms with van der Waals surface area (Å²) in [5.74, 6) is -2.69. The minimum Gasteiger partial charge on any atom is -0.326 e. The van der Waals surface area contributed by atoms with Crippen LogP contribution in [0.2, 0.25) is 0 Å². The summed E-state index contributed by atoms with van der Waals surface area (Å²) in [5.41, 5.74) is 1.05. The molecule has 4 nitrogen and oxygen atoms in total. The third-order valence-electron chi connectivity index (χ3n) is 2.64. The number of rotatable bonds is 3. The van der Waals surface area contributed by atoms with E-state index in [0.717, 1.165) is 12.1 Å². The maximum atomic E-state index is 13.0. The van der Waals surface area contributed by atoms with Crippen molar-refractivity contribution in [2.75, 3.05) is 10.6 Å². The van der Waals surface area contributed by atoms with E-state index in [1.807, 2.05) is 0 Å². The van der Waals surface area contributed by atoms with Crippen LogP contribution in [0.1, 0.15) is 17.3 Å². The van der Waals surface area contributed by atoms with Gasteiger partial charge in [-0.15, -0.1) is 0 Å². The Kier molecular flexibility index (Phi) is 4.27. The Morgan fingerprint density at radius 2 is 1.48 bits per heavy atom. The Bertz CT molecular complexity index is 685. The van der Waals surface area contributed by atoms with Gasteiger partial charge in [-0.1, -0.05) is 0 Å². The van der Waals surface area contributed by atoms with Gasteiger partial charge in [0.1, 0.15) is 0 Å². The van der Waals surface area contributed by atoms with Crippen LogP contribution in [0, 0.1) is 11.6 Å². The number of hydrogen-bond acceptors (Lipinski definition) is 2. The van der Waals surface area contributed by atoms with Gasteiger partial charge in [0.15, 0.2) is 11.6 Å². The first-order valence-electron chi connectivity index (χ1n) is 6.10. The fourth-order valence-electron chi connectivity index (χ4n) is 1.69. The Morgan fingerprint density at radius 1 is 0.857 bits per heavy atom. The molecular formula is C15H12F2N2O2. The molecule has 0 unspecified atom stereocenters. The summed E-state index contributed by atoms with van der Waals surface area (Å²) in [6, 6.07) is 9.27. The van der Waals surface area contributed by atoms with Gasteiger partial charge in [-0.05, 0) is 36.4 Å². The van der Waals surface area contributed by atoms with Crippen LogP contribution >= 0.6 is 0 Å². The number of carbonyl (C=O) groups is 2. The lowest BCUT2D eigenvalue weighted by Crippen LogP contribution is -2.12. The molecule has 0 saturated heterocycles. The zero-order valence-electron chi connectivity index (χ0n) is 11.1. The van der Waals surface area contributed by atoms with Crippen LogP contribution in [0.25, 0.3) is 0 Å². The first-order chi connectivity index (χ1) is 9.95. The van der Waals surface area contributed by atoms with Crippen molar-refractivity contribution in [2.45, 2.75) is 6.92 Å². The van der Waals surface area contributed by atoms with E-state index in [-0.39, 0.29) is 11.6 Å². The molecule has 0 bridgehead atoms. The predicted octanol–water partition coefficient (Wildman–Crippen LogP) is 3.18. The number of carbonyl (C=O) groups excluding carboxylic acids is 2. The first-order valence-corrected chi connectivity index (χ1v) is 6.10. The lowest BCUT2D eigenvalue weighted by atomic mass is 10.2. The minimum absolute atomic E-state index is 0.157. The molecule has 0 saturated carbocycles. The summed E-state index contributed by atoms with van der Waals surface area (Å²) in [4.78, 5) is 22.8. The summed E-state index contributed by atoms with van der Waals surface area (Å²) < 4.78 is 25.8. The van der Waals surface area contributed by atoms with Gasteiger partial charge in [0.05, 0.1) is 0 Å². The molecule has 0 spiro atoms. The molecule has 0 atom stereocenters. The fourth-order valence-corrected chi connectivity index (χ4v) is 1.69. The molecule has 2 amide bonds. The van der Waals surface area contributed by atoms with Crippen LogP contribution in [-0.2, 0) is 4.79 Å². The van der Waals surface area contributed by atoms with Gasteiger partial charge in [0.2, 0.25) is 5.91 Å². The summed E-state index contributed by atoms with van der Waals surface area (Å²) in [6.07, 6.45) is 0. The monoisotopic (exact) mass is 290 g/mol. The molecule has 0 fully saturated rings. The molecule has 0 radical (unpaired) electrons. The maximum Gasteiger partial charge on any atom is 0.255 e. The number of amides is 2. The molecule has 0 aliphatic rings. The highest BCUT2D eigenvalue weighted by molar-refractivity contribution is 6.04. The van der Waals surface area contributed by atoms with E-state index in [1.165, 1.54) is 25.1 Å². The lowest BCUT2D eigenvalue weighted by Gasteiger charge is -2.07. The maximum absolute atomic E-state index is 13.0. The fraction of sp³-hybridized carbons (Fsp3) is 0.0667. The molecule has 0 aliphatic carbocycles. The van der Waals surface area contributed by atoms with Gasteiger partial charge in [-0.3, -0.25) is 9.59 Å². The van der Waals surface area contributed by atoms with Crippen molar-refractivity contribution in [1.29, 1.82) is 0 Å². The van der Waals surface area contributed by atoms with Crippen molar-refractivity contribution in [2.24, 2.45) is 0 Å². The predicted molar refractivity (Wildman–Crippen MR) is 75.1 cm³/mol. The average molecular weight is 290 g/mol. The standard InChI is InChI=1S/C15H12F2N2O2/c1-9(20)18-11-4-2-10(3-5-11)15(21)19-12-6-7-13(16)14(17)8-12/h2-8H,1H3,(H,18,20)(H,19,21). The molecule has 0 aromatic heterocycles. The van der Waals surface area contributed by atoms with Gasteiger partial charge in [-0.25, -0.2) is 8.78 Å². The van der Waals surface area contributed by atoms with Crippen LogP contribution < -0.4 is 10.6 Å². The highest BCUT2D eigenvalue weighted by atomic mass is 19.2. The van der Waals surface area contributed by atoms with Crippen LogP contribution in [0.4, 0.5) is 20.2 Å². The summed E-state index contributed by atoms with van der Waals surface area (Å²) in [6.45, 7) is 1.38. The summed E-state index contributed by atoms with van der Waals surface area (Å²) >= 11 is 0. The van der Waals surface area contributed by atoms with Gasteiger partial charge in [0, 0.05) is 29.9 Å². The normalized spacial score (nSPS) is 10.0. The van der Waals surface area contributed by atoms with Gasteiger partial charge >= 0.3 is 0 Å². The second-order valence-corrected chi connectivity index (χ2v) is 4.34. The quantitative estimate of drug-likeness (QED) is 0.912. The number of hydrogen-bond donors (Lipinski definition) is 2. The van der Waals surface area contributed by atoms with Crippen LogP contribution in [0.15, 0.2) is 42.5 Å². The molecular weight excluding hydrogens is 278 g/mol. The molecule has 0 aliphatic heterocycles. The Labute approximate surface area is 119 Å². The van der Waals surface area contributed by atoms with Crippen molar-refractivity contribution in [1.82, 2.24) is 0 Å². The number of halogens is 2. The Balaban J connectivity index is 2.09. The molecule has 6 heteroatoms. The van der Waals surface area contributed by atoms with E-state index in [1.54, 1.807) is 12.1 Å². The van der Waals surface area contributed by atoms with Gasteiger partial charge in [-0.2, -0.15) is 0 Å². The van der Waals surface area contributed by atoms with Gasteiger partial charge < -0.3 is 10.6 Å². The van der Waals surface area contributed by atoms with Crippen LogP contribution in [0.3, 0.4) is 0 Å². The van der Waals surface area contributed by atoms with E-state index in [9.17, 15) is 18.4 Å². The van der Waals surface area contributed by atoms with E-state index in [0.29, 0.717) is 11.3 Å². The third-order valence-corrected chi connectivity index (χ3v) is 2.64. The molecule has 2 N–H and O–H groups in total. The van der Waals surface area contributed by atoms with Crippen LogP contribution in [0.5, 0.6) is 0 Å². The van der Waals surface area contributed by atoms with Gasteiger partial charge in [0.25, 0.3) is 5.91 Å². The lowest BCUT2D eigenvalue weighted by molar-refractivity contribution is -0.114. The number of benzene rings is 2. The smallest absolute Gasteiger partial charge is 0.255 e. The number of anilines is 2. The summed E-state index contributed by atoms with van der Waals surface area (Å²) in [5, 5.41) is 5.03. The van der Waals surface area contributed by atoms with E-state index < -0.39 is 17.5 Å². The Morgan fingerprint density at radius 3 is 2.05 bits per heavy atom. The molecule has 0 heterocycles. The highest BCUT2D eigenvalue weighted by Gasteiger charge is 2.08. The van der Waals surface area contributed by atoms with E-state index >= 15 is 0 Å². The van der Waals surface area contributed by atoms with Crippen molar-refractivity contribution in [3.8, 4) is 0 Å². The van der Waals surface area contributed by atoms with Crippen molar-refractivity contribution in [3.63, 3.8) is 0 Å². The number of nitrogens with one attached hydrogen (secondary N) is 2. The third kappa shape index (κ3) is 3.85. The molecule has 21 heavy (non-hydrogen) atoms. The van der Waals surface area contributed by atoms with Crippen molar-refractivity contribution >= 4 is 23.2 Å². The van der Waals surface area contributed by atoms with Crippen LogP contribution in [-0.4, -0.2) is 11.8 Å². The van der Waals surface area contributed by atoms with Crippen molar-refractivity contribution in [3.05, 3.63) is 59.7 Å². The SMILES string of the molecule is CC(=O)Nc1ccc(C(=O)Nc2ccc(F)c(F)c2)cc1. The summed E-state index contributed by atoms with van der Waals surface area (Å²) in [7, 11) is 0. The largest absolute Gasteiger partial charge is 0.326 e. The molecule has 108 valence electrons. The highest BCUT2D eigenvalue weighted by Crippen LogP contribution is 2.15. The zero-order valence-corrected chi connectivity index (χ0v) is 11.1. The second kappa shape index (κ2) is 6.13. The minimum atomic E-state index is -1.03. The zero-order chi connectivity index (χ0) is 15.4.